The summed E-state index contributed by atoms with van der Waals surface area (Å²) in [4.78, 5) is 16.7. The highest BCUT2D eigenvalue weighted by molar-refractivity contribution is 5.94. The van der Waals surface area contributed by atoms with Gasteiger partial charge in [0.2, 0.25) is 0 Å². The fraction of sp³-hybridized carbons (Fsp3) is 0.400. The number of ether oxygens (including phenoxy) is 1. The van der Waals surface area contributed by atoms with E-state index in [1.807, 2.05) is 43.3 Å². The van der Waals surface area contributed by atoms with Crippen molar-refractivity contribution in [2.75, 3.05) is 6.54 Å². The molecule has 3 N–H and O–H groups in total. The van der Waals surface area contributed by atoms with Crippen LogP contribution in [-0.2, 0) is 6.61 Å². The average molecular weight is 339 g/mol. The molecule has 1 fully saturated rings. The summed E-state index contributed by atoms with van der Waals surface area (Å²) in [6.07, 6.45) is 4.95. The Morgan fingerprint density at radius 3 is 2.96 bits per heavy atom. The van der Waals surface area contributed by atoms with E-state index in [1.54, 1.807) is 6.20 Å². The van der Waals surface area contributed by atoms with Gasteiger partial charge in [-0.25, -0.2) is 0 Å². The number of carbonyl (C=O) groups is 1. The lowest BCUT2D eigenvalue weighted by Gasteiger charge is -2.19. The van der Waals surface area contributed by atoms with Crippen molar-refractivity contribution in [2.45, 2.75) is 38.8 Å². The summed E-state index contributed by atoms with van der Waals surface area (Å²) in [5.41, 5.74) is 8.36. The van der Waals surface area contributed by atoms with Crippen LogP contribution in [0.15, 0.2) is 42.6 Å². The first-order valence-electron chi connectivity index (χ1n) is 8.81. The van der Waals surface area contributed by atoms with Crippen molar-refractivity contribution in [3.05, 3.63) is 59.4 Å². The summed E-state index contributed by atoms with van der Waals surface area (Å²) in [7, 11) is 0. The number of nitrogens with two attached hydrogens (primary N) is 1. The third-order valence-corrected chi connectivity index (χ3v) is 4.76. The van der Waals surface area contributed by atoms with E-state index in [0.717, 1.165) is 36.3 Å². The number of hydrogen-bond donors (Lipinski definition) is 2. The standard InChI is InChI=1S/C20H25N3O2/c1-14-8-9-18(12-22-14)25-13-15-4-2-5-16(10-15)20(24)23-19-7-3-6-17(19)11-21/h2,4-5,8-10,12,17,19H,3,6-7,11,13,21H2,1H3,(H,23,24). The number of benzene rings is 1. The maximum Gasteiger partial charge on any atom is 0.251 e. The van der Waals surface area contributed by atoms with Crippen molar-refractivity contribution in [1.29, 1.82) is 0 Å². The molecule has 1 heterocycles. The molecule has 2 atom stereocenters. The van der Waals surface area contributed by atoms with Crippen LogP contribution in [0.2, 0.25) is 0 Å². The van der Waals surface area contributed by atoms with Crippen LogP contribution >= 0.6 is 0 Å². The Hall–Kier alpha value is -2.40. The highest BCUT2D eigenvalue weighted by atomic mass is 16.5. The summed E-state index contributed by atoms with van der Waals surface area (Å²) in [5, 5.41) is 3.13. The molecule has 1 aromatic carbocycles. The van der Waals surface area contributed by atoms with Crippen LogP contribution in [0, 0.1) is 12.8 Å². The molecule has 5 nitrogen and oxygen atoms in total. The van der Waals surface area contributed by atoms with Crippen LogP contribution in [-0.4, -0.2) is 23.5 Å². The van der Waals surface area contributed by atoms with E-state index in [-0.39, 0.29) is 11.9 Å². The van der Waals surface area contributed by atoms with Crippen LogP contribution in [0.3, 0.4) is 0 Å². The Morgan fingerprint density at radius 2 is 2.20 bits per heavy atom. The summed E-state index contributed by atoms with van der Waals surface area (Å²) >= 11 is 0. The lowest BCUT2D eigenvalue weighted by Crippen LogP contribution is -2.39. The topological polar surface area (TPSA) is 77.2 Å². The first-order valence-corrected chi connectivity index (χ1v) is 8.81. The number of nitrogens with zero attached hydrogens (tertiary/aromatic N) is 1. The molecule has 1 aliphatic carbocycles. The third kappa shape index (κ3) is 4.57. The number of aryl methyl sites for hydroxylation is 1. The van der Waals surface area contributed by atoms with Gasteiger partial charge >= 0.3 is 0 Å². The van der Waals surface area contributed by atoms with E-state index in [1.165, 1.54) is 0 Å². The summed E-state index contributed by atoms with van der Waals surface area (Å²) in [6, 6.07) is 11.5. The molecule has 0 spiro atoms. The van der Waals surface area contributed by atoms with Gasteiger partial charge in [0.05, 0.1) is 6.20 Å². The fourth-order valence-electron chi connectivity index (χ4n) is 3.27. The molecule has 3 rings (SSSR count). The maximum absolute atomic E-state index is 12.5. The molecule has 0 bridgehead atoms. The van der Waals surface area contributed by atoms with Gasteiger partial charge in [0, 0.05) is 17.3 Å². The largest absolute Gasteiger partial charge is 0.487 e. The lowest BCUT2D eigenvalue weighted by atomic mass is 10.0. The molecule has 132 valence electrons. The Bertz CT molecular complexity index is 715. The number of hydrogen-bond acceptors (Lipinski definition) is 4. The van der Waals surface area contributed by atoms with Crippen LogP contribution in [0.5, 0.6) is 5.75 Å². The van der Waals surface area contributed by atoms with Crippen LogP contribution in [0.1, 0.15) is 40.9 Å². The number of carbonyl (C=O) groups excluding carboxylic acids is 1. The monoisotopic (exact) mass is 339 g/mol. The van der Waals surface area contributed by atoms with E-state index in [9.17, 15) is 4.79 Å². The lowest BCUT2D eigenvalue weighted by molar-refractivity contribution is 0.0928. The number of aromatic nitrogens is 1. The Kier molecular flexibility index (Phi) is 5.66. The van der Waals surface area contributed by atoms with E-state index >= 15 is 0 Å². The molecule has 5 heteroatoms. The van der Waals surface area contributed by atoms with Gasteiger partial charge < -0.3 is 15.8 Å². The van der Waals surface area contributed by atoms with Crippen LogP contribution < -0.4 is 15.8 Å². The van der Waals surface area contributed by atoms with Crippen molar-refractivity contribution in [2.24, 2.45) is 11.7 Å². The predicted molar refractivity (Wildman–Crippen MR) is 97.4 cm³/mol. The quantitative estimate of drug-likeness (QED) is 0.848. The van der Waals surface area contributed by atoms with Gasteiger partial charge in [-0.2, -0.15) is 0 Å². The van der Waals surface area contributed by atoms with E-state index < -0.39 is 0 Å². The SMILES string of the molecule is Cc1ccc(OCc2cccc(C(=O)NC3CCCC3CN)c2)cn1. The minimum absolute atomic E-state index is 0.0378. The highest BCUT2D eigenvalue weighted by Crippen LogP contribution is 2.25. The van der Waals surface area contributed by atoms with Crippen molar-refractivity contribution < 1.29 is 9.53 Å². The molecule has 0 saturated heterocycles. The predicted octanol–water partition coefficient (Wildman–Crippen LogP) is 2.83. The van der Waals surface area contributed by atoms with E-state index in [2.05, 4.69) is 10.3 Å². The van der Waals surface area contributed by atoms with Crippen molar-refractivity contribution in [3.63, 3.8) is 0 Å². The molecule has 0 aliphatic heterocycles. The molecular weight excluding hydrogens is 314 g/mol. The van der Waals surface area contributed by atoms with E-state index in [0.29, 0.717) is 24.6 Å². The first-order chi connectivity index (χ1) is 12.2. The van der Waals surface area contributed by atoms with Crippen molar-refractivity contribution >= 4 is 5.91 Å². The van der Waals surface area contributed by atoms with Crippen molar-refractivity contribution in [3.8, 4) is 5.75 Å². The van der Waals surface area contributed by atoms with Gasteiger partial charge in [-0.3, -0.25) is 9.78 Å². The fourth-order valence-corrected chi connectivity index (χ4v) is 3.27. The van der Waals surface area contributed by atoms with Crippen LogP contribution in [0.25, 0.3) is 0 Å². The number of rotatable bonds is 6. The zero-order chi connectivity index (χ0) is 17.6. The maximum atomic E-state index is 12.5. The zero-order valence-corrected chi connectivity index (χ0v) is 14.6. The summed E-state index contributed by atoms with van der Waals surface area (Å²) < 4.78 is 5.74. The number of pyridine rings is 1. The van der Waals surface area contributed by atoms with Crippen molar-refractivity contribution in [1.82, 2.24) is 10.3 Å². The van der Waals surface area contributed by atoms with Gasteiger partial charge in [-0.05, 0) is 62.1 Å². The molecule has 2 aromatic rings. The smallest absolute Gasteiger partial charge is 0.251 e. The second kappa shape index (κ2) is 8.12. The van der Waals surface area contributed by atoms with Gasteiger partial charge in [0.1, 0.15) is 12.4 Å². The highest BCUT2D eigenvalue weighted by Gasteiger charge is 2.27. The van der Waals surface area contributed by atoms with E-state index in [4.69, 9.17) is 10.5 Å². The summed E-state index contributed by atoms with van der Waals surface area (Å²) in [6.45, 7) is 2.97. The number of nitrogens with one attached hydrogen (secondary N) is 1. The zero-order valence-electron chi connectivity index (χ0n) is 14.6. The molecule has 1 aliphatic rings. The molecule has 25 heavy (non-hydrogen) atoms. The van der Waals surface area contributed by atoms with Gasteiger partial charge in [0.15, 0.2) is 0 Å². The Morgan fingerprint density at radius 1 is 1.32 bits per heavy atom. The second-order valence-electron chi connectivity index (χ2n) is 6.63. The molecule has 1 saturated carbocycles. The first kappa shape index (κ1) is 17.4. The molecule has 2 unspecified atom stereocenters. The molecule has 1 amide bonds. The van der Waals surface area contributed by atoms with Gasteiger partial charge in [-0.1, -0.05) is 18.6 Å². The number of amides is 1. The minimum atomic E-state index is -0.0378. The average Bonchev–Trinajstić information content (AvgIpc) is 3.08. The second-order valence-corrected chi connectivity index (χ2v) is 6.63. The molecule has 1 aromatic heterocycles. The molecule has 0 radical (unpaired) electrons. The van der Waals surface area contributed by atoms with Gasteiger partial charge in [0.25, 0.3) is 5.91 Å². The Labute approximate surface area is 148 Å². The Balaban J connectivity index is 1.60. The third-order valence-electron chi connectivity index (χ3n) is 4.76. The van der Waals surface area contributed by atoms with Gasteiger partial charge in [-0.15, -0.1) is 0 Å². The molecular formula is C20H25N3O2. The normalized spacial score (nSPS) is 19.6. The minimum Gasteiger partial charge on any atom is -0.487 e. The summed E-state index contributed by atoms with van der Waals surface area (Å²) in [5.74, 6) is 1.07. The van der Waals surface area contributed by atoms with Crippen LogP contribution in [0.4, 0.5) is 0 Å².